The van der Waals surface area contributed by atoms with Crippen LogP contribution in [0.1, 0.15) is 29.5 Å². The molecule has 0 bridgehead atoms. The Hall–Kier alpha value is -2.44. The Kier molecular flexibility index (Phi) is 5.80. The van der Waals surface area contributed by atoms with Crippen molar-refractivity contribution in [3.63, 3.8) is 0 Å². The fourth-order valence-corrected chi connectivity index (χ4v) is 5.87. The Morgan fingerprint density at radius 3 is 2.63 bits per heavy atom. The largest absolute Gasteiger partial charge is 0.265 e. The van der Waals surface area contributed by atoms with Gasteiger partial charge in [0, 0.05) is 23.5 Å². The van der Waals surface area contributed by atoms with Crippen LogP contribution < -0.4 is 4.31 Å². The third-order valence-electron chi connectivity index (χ3n) is 5.53. The van der Waals surface area contributed by atoms with E-state index in [1.807, 2.05) is 25.1 Å². The number of fused-ring (bicyclic) bond motifs is 1. The summed E-state index contributed by atoms with van der Waals surface area (Å²) >= 11 is 5.86. The van der Waals surface area contributed by atoms with Crippen molar-refractivity contribution in [2.24, 2.45) is 0 Å². The fraction of sp³-hybridized carbons (Fsp3) is 0.261. The van der Waals surface area contributed by atoms with Gasteiger partial charge < -0.3 is 0 Å². The second kappa shape index (κ2) is 8.36. The van der Waals surface area contributed by atoms with Crippen LogP contribution in [0.25, 0.3) is 0 Å². The van der Waals surface area contributed by atoms with E-state index in [9.17, 15) is 12.8 Å². The maximum atomic E-state index is 14.3. The highest BCUT2D eigenvalue weighted by Gasteiger charge is 2.36. The van der Waals surface area contributed by atoms with E-state index in [1.54, 1.807) is 12.1 Å². The first-order valence-electron chi connectivity index (χ1n) is 9.84. The van der Waals surface area contributed by atoms with E-state index in [1.165, 1.54) is 34.9 Å². The minimum Gasteiger partial charge on any atom is -0.265 e. The van der Waals surface area contributed by atoms with Crippen LogP contribution in [0.3, 0.4) is 0 Å². The van der Waals surface area contributed by atoms with E-state index in [4.69, 9.17) is 11.6 Å². The van der Waals surface area contributed by atoms with Gasteiger partial charge in [-0.15, -0.1) is 0 Å². The summed E-state index contributed by atoms with van der Waals surface area (Å²) in [7, 11) is -3.78. The van der Waals surface area contributed by atoms with E-state index in [0.717, 1.165) is 17.5 Å². The van der Waals surface area contributed by atoms with Crippen LogP contribution in [-0.2, 0) is 22.9 Å². The third-order valence-corrected chi connectivity index (χ3v) is 7.64. The monoisotopic (exact) mass is 444 g/mol. The molecule has 0 amide bonds. The highest BCUT2D eigenvalue weighted by Crippen LogP contribution is 2.37. The summed E-state index contributed by atoms with van der Waals surface area (Å²) < 4.78 is 43.0. The first kappa shape index (κ1) is 20.8. The fourth-order valence-electron chi connectivity index (χ4n) is 3.98. The lowest BCUT2D eigenvalue weighted by atomic mass is 9.93. The molecule has 30 heavy (non-hydrogen) atoms. The molecule has 0 saturated heterocycles. The minimum absolute atomic E-state index is 0.203. The molecule has 4 rings (SSSR count). The zero-order valence-electron chi connectivity index (χ0n) is 16.6. The average molecular weight is 445 g/mol. The highest BCUT2D eigenvalue weighted by molar-refractivity contribution is 7.92. The molecule has 1 aliphatic rings. The van der Waals surface area contributed by atoms with Crippen molar-refractivity contribution >= 4 is 27.3 Å². The van der Waals surface area contributed by atoms with E-state index >= 15 is 0 Å². The van der Waals surface area contributed by atoms with Crippen LogP contribution in [0.15, 0.2) is 65.8 Å². The van der Waals surface area contributed by atoms with Gasteiger partial charge in [0.25, 0.3) is 10.0 Å². The summed E-state index contributed by atoms with van der Waals surface area (Å²) in [4.78, 5) is 4.14. The zero-order chi connectivity index (χ0) is 21.3. The smallest absolute Gasteiger partial charge is 0.264 e. The van der Waals surface area contributed by atoms with Crippen molar-refractivity contribution in [1.82, 2.24) is 4.98 Å². The van der Waals surface area contributed by atoms with Crippen molar-refractivity contribution in [3.05, 3.63) is 88.5 Å². The molecule has 1 aromatic heterocycles. The van der Waals surface area contributed by atoms with Crippen LogP contribution in [0.4, 0.5) is 10.1 Å². The third kappa shape index (κ3) is 4.07. The van der Waals surface area contributed by atoms with Gasteiger partial charge in [-0.2, -0.15) is 0 Å². The number of halogens is 2. The number of nitrogens with zero attached hydrogens (tertiary/aromatic N) is 2. The molecular formula is C23H22ClFN2O2S. The van der Waals surface area contributed by atoms with Gasteiger partial charge in [0.1, 0.15) is 5.82 Å². The first-order chi connectivity index (χ1) is 14.4. The van der Waals surface area contributed by atoms with Crippen LogP contribution in [0.5, 0.6) is 0 Å². The molecule has 0 spiro atoms. The Bertz CT molecular complexity index is 1170. The number of benzene rings is 2. The quantitative estimate of drug-likeness (QED) is 0.534. The molecule has 4 nitrogen and oxygen atoms in total. The van der Waals surface area contributed by atoms with Crippen LogP contribution in [-0.4, -0.2) is 19.4 Å². The lowest BCUT2D eigenvalue weighted by Crippen LogP contribution is -2.44. The summed E-state index contributed by atoms with van der Waals surface area (Å²) in [6.45, 7) is 1.95. The van der Waals surface area contributed by atoms with Gasteiger partial charge in [0.05, 0.1) is 10.6 Å². The van der Waals surface area contributed by atoms with Gasteiger partial charge in [-0.25, -0.2) is 12.8 Å². The van der Waals surface area contributed by atoms with Crippen molar-refractivity contribution in [1.29, 1.82) is 0 Å². The number of pyridine rings is 1. The molecular weight excluding hydrogens is 423 g/mol. The lowest BCUT2D eigenvalue weighted by Gasteiger charge is -2.38. The second-order valence-electron chi connectivity index (χ2n) is 7.58. The molecule has 1 unspecified atom stereocenters. The molecule has 2 heterocycles. The van der Waals surface area contributed by atoms with Crippen molar-refractivity contribution in [2.75, 3.05) is 4.31 Å². The molecule has 1 atom stereocenters. The number of hydrogen-bond donors (Lipinski definition) is 0. The maximum Gasteiger partial charge on any atom is 0.264 e. The SMILES string of the molecule is Cc1ccc2c(c1)N(S(=O)(=O)c1ccncc1)C(CCc1ccc(Cl)cc1F)CC2. The predicted molar refractivity (Wildman–Crippen MR) is 117 cm³/mol. The number of sulfonamides is 1. The molecule has 0 saturated carbocycles. The summed E-state index contributed by atoms with van der Waals surface area (Å²) in [5.74, 6) is -0.363. The van der Waals surface area contributed by atoms with Gasteiger partial charge in [-0.05, 0) is 79.6 Å². The molecule has 7 heteroatoms. The highest BCUT2D eigenvalue weighted by atomic mass is 35.5. The standard InChI is InChI=1S/C23H22ClFN2O2S/c1-16-2-3-18-6-9-20(8-5-17-4-7-19(24)15-22(17)25)27(23(18)14-16)30(28,29)21-10-12-26-13-11-21/h2-4,7,10-15,20H,5-6,8-9H2,1H3. The van der Waals surface area contributed by atoms with Crippen molar-refractivity contribution < 1.29 is 12.8 Å². The average Bonchev–Trinajstić information content (AvgIpc) is 2.73. The van der Waals surface area contributed by atoms with Gasteiger partial charge in [0.15, 0.2) is 0 Å². The molecule has 0 radical (unpaired) electrons. The normalized spacial score (nSPS) is 16.4. The maximum absolute atomic E-state index is 14.3. The molecule has 0 aliphatic carbocycles. The number of aryl methyl sites for hydroxylation is 3. The second-order valence-corrected chi connectivity index (χ2v) is 9.83. The Morgan fingerprint density at radius 1 is 1.13 bits per heavy atom. The summed E-state index contributed by atoms with van der Waals surface area (Å²) in [6, 6.07) is 13.3. The van der Waals surface area contributed by atoms with E-state index in [2.05, 4.69) is 4.98 Å². The molecule has 0 N–H and O–H groups in total. The Morgan fingerprint density at radius 2 is 1.90 bits per heavy atom. The molecule has 0 fully saturated rings. The lowest BCUT2D eigenvalue weighted by molar-refractivity contribution is 0.517. The van der Waals surface area contributed by atoms with E-state index in [-0.39, 0.29) is 16.8 Å². The van der Waals surface area contributed by atoms with Crippen LogP contribution in [0.2, 0.25) is 5.02 Å². The van der Waals surface area contributed by atoms with Gasteiger partial charge >= 0.3 is 0 Å². The Balaban J connectivity index is 1.72. The van der Waals surface area contributed by atoms with Gasteiger partial charge in [-0.1, -0.05) is 29.8 Å². The van der Waals surface area contributed by atoms with Crippen LogP contribution >= 0.6 is 11.6 Å². The molecule has 3 aromatic rings. The first-order valence-corrected chi connectivity index (χ1v) is 11.7. The molecule has 2 aromatic carbocycles. The van der Waals surface area contributed by atoms with Gasteiger partial charge in [-0.3, -0.25) is 9.29 Å². The van der Waals surface area contributed by atoms with Crippen molar-refractivity contribution in [2.45, 2.75) is 43.5 Å². The molecule has 1 aliphatic heterocycles. The van der Waals surface area contributed by atoms with E-state index in [0.29, 0.717) is 35.5 Å². The number of hydrogen-bond acceptors (Lipinski definition) is 3. The summed E-state index contributed by atoms with van der Waals surface area (Å²) in [5.41, 5.74) is 3.25. The summed E-state index contributed by atoms with van der Waals surface area (Å²) in [5, 5.41) is 0.347. The zero-order valence-corrected chi connectivity index (χ0v) is 18.1. The topological polar surface area (TPSA) is 50.3 Å². The predicted octanol–water partition coefficient (Wildman–Crippen LogP) is 5.33. The minimum atomic E-state index is -3.78. The van der Waals surface area contributed by atoms with Gasteiger partial charge in [0.2, 0.25) is 0 Å². The number of aromatic nitrogens is 1. The summed E-state index contributed by atoms with van der Waals surface area (Å²) in [6.07, 6.45) is 5.35. The molecule has 156 valence electrons. The number of rotatable bonds is 5. The number of anilines is 1. The Labute approximate surface area is 181 Å². The van der Waals surface area contributed by atoms with Crippen LogP contribution in [0, 0.1) is 12.7 Å². The van der Waals surface area contributed by atoms with Crippen molar-refractivity contribution in [3.8, 4) is 0 Å². The van der Waals surface area contributed by atoms with E-state index < -0.39 is 10.0 Å².